The fourth-order valence-electron chi connectivity index (χ4n) is 2.31. The first-order valence-electron chi connectivity index (χ1n) is 6.15. The highest BCUT2D eigenvalue weighted by Crippen LogP contribution is 2.29. The highest BCUT2D eigenvalue weighted by Gasteiger charge is 2.30. The summed E-state index contributed by atoms with van der Waals surface area (Å²) in [6, 6.07) is 8.41. The van der Waals surface area contributed by atoms with E-state index < -0.39 is 5.60 Å². The van der Waals surface area contributed by atoms with Crippen molar-refractivity contribution in [2.75, 3.05) is 13.1 Å². The molecule has 2 rings (SSSR count). The maximum Gasteiger partial charge on any atom is 0.102 e. The Morgan fingerprint density at radius 1 is 1.25 bits per heavy atom. The van der Waals surface area contributed by atoms with E-state index in [9.17, 15) is 5.11 Å². The van der Waals surface area contributed by atoms with Crippen molar-refractivity contribution in [2.45, 2.75) is 38.2 Å². The lowest BCUT2D eigenvalue weighted by molar-refractivity contribution is 0.0123. The largest absolute Gasteiger partial charge is 0.384 e. The van der Waals surface area contributed by atoms with Gasteiger partial charge in [0.15, 0.2) is 0 Å². The first kappa shape index (κ1) is 11.6. The number of benzene rings is 1. The van der Waals surface area contributed by atoms with Crippen LogP contribution in [0.25, 0.3) is 0 Å². The second-order valence-corrected chi connectivity index (χ2v) is 5.09. The minimum Gasteiger partial charge on any atom is -0.384 e. The number of hydrogen-bond acceptors (Lipinski definition) is 2. The van der Waals surface area contributed by atoms with Crippen molar-refractivity contribution < 1.29 is 5.11 Å². The molecule has 0 amide bonds. The number of rotatable bonds is 2. The van der Waals surface area contributed by atoms with Gasteiger partial charge in [-0.3, -0.25) is 0 Å². The summed E-state index contributed by atoms with van der Waals surface area (Å²) in [6.45, 7) is 6.07. The van der Waals surface area contributed by atoms with E-state index in [4.69, 9.17) is 0 Å². The van der Waals surface area contributed by atoms with E-state index in [0.717, 1.165) is 24.9 Å². The SMILES string of the molecule is CC(C)c1ccc(C2(O)CCCNC2)cc1. The second-order valence-electron chi connectivity index (χ2n) is 5.09. The van der Waals surface area contributed by atoms with Crippen molar-refractivity contribution in [1.82, 2.24) is 5.32 Å². The third kappa shape index (κ3) is 2.28. The molecule has 0 aliphatic carbocycles. The van der Waals surface area contributed by atoms with E-state index in [0.29, 0.717) is 12.5 Å². The first-order valence-corrected chi connectivity index (χ1v) is 6.15. The zero-order valence-corrected chi connectivity index (χ0v) is 10.2. The van der Waals surface area contributed by atoms with Crippen LogP contribution in [0, 0.1) is 0 Å². The van der Waals surface area contributed by atoms with Gasteiger partial charge >= 0.3 is 0 Å². The Kier molecular flexibility index (Phi) is 3.31. The predicted octanol–water partition coefficient (Wildman–Crippen LogP) is 2.38. The Morgan fingerprint density at radius 2 is 1.94 bits per heavy atom. The van der Waals surface area contributed by atoms with E-state index >= 15 is 0 Å². The van der Waals surface area contributed by atoms with Crippen molar-refractivity contribution in [1.29, 1.82) is 0 Å². The van der Waals surface area contributed by atoms with Gasteiger partial charge in [0.1, 0.15) is 5.60 Å². The lowest BCUT2D eigenvalue weighted by atomic mass is 9.85. The van der Waals surface area contributed by atoms with Gasteiger partial charge in [0, 0.05) is 6.54 Å². The van der Waals surface area contributed by atoms with Crippen LogP contribution < -0.4 is 5.32 Å². The van der Waals surface area contributed by atoms with Gasteiger partial charge in [-0.05, 0) is 36.4 Å². The van der Waals surface area contributed by atoms with Crippen molar-refractivity contribution in [3.63, 3.8) is 0 Å². The molecule has 1 aromatic carbocycles. The van der Waals surface area contributed by atoms with Crippen LogP contribution in [-0.2, 0) is 5.60 Å². The highest BCUT2D eigenvalue weighted by molar-refractivity contribution is 5.29. The van der Waals surface area contributed by atoms with Crippen molar-refractivity contribution >= 4 is 0 Å². The molecule has 1 unspecified atom stereocenters. The van der Waals surface area contributed by atoms with Gasteiger partial charge in [0.05, 0.1) is 0 Å². The molecule has 2 N–H and O–H groups in total. The molecule has 0 spiro atoms. The summed E-state index contributed by atoms with van der Waals surface area (Å²) < 4.78 is 0. The Labute approximate surface area is 97.7 Å². The van der Waals surface area contributed by atoms with Crippen LogP contribution in [0.1, 0.15) is 43.7 Å². The molecule has 1 heterocycles. The van der Waals surface area contributed by atoms with Gasteiger partial charge in [0.25, 0.3) is 0 Å². The molecular weight excluding hydrogens is 198 g/mol. The maximum atomic E-state index is 10.5. The molecule has 0 bridgehead atoms. The first-order chi connectivity index (χ1) is 7.62. The van der Waals surface area contributed by atoms with Crippen molar-refractivity contribution in [2.24, 2.45) is 0 Å². The smallest absolute Gasteiger partial charge is 0.102 e. The zero-order chi connectivity index (χ0) is 11.6. The molecule has 1 aliphatic heterocycles. The minimum atomic E-state index is -0.659. The van der Waals surface area contributed by atoms with Crippen LogP contribution in [0.4, 0.5) is 0 Å². The molecular formula is C14H21NO. The standard InChI is InChI=1S/C14H21NO/c1-11(2)12-4-6-13(7-5-12)14(16)8-3-9-15-10-14/h4-7,11,15-16H,3,8-10H2,1-2H3. The summed E-state index contributed by atoms with van der Waals surface area (Å²) in [7, 11) is 0. The third-order valence-corrected chi connectivity index (χ3v) is 3.48. The van der Waals surface area contributed by atoms with Gasteiger partial charge in [0.2, 0.25) is 0 Å². The Balaban J connectivity index is 2.20. The van der Waals surface area contributed by atoms with Crippen LogP contribution in [-0.4, -0.2) is 18.2 Å². The van der Waals surface area contributed by atoms with Crippen LogP contribution >= 0.6 is 0 Å². The number of nitrogens with one attached hydrogen (secondary N) is 1. The van der Waals surface area contributed by atoms with E-state index in [1.54, 1.807) is 0 Å². The Bertz CT molecular complexity index is 336. The van der Waals surface area contributed by atoms with Gasteiger partial charge in [-0.1, -0.05) is 38.1 Å². The van der Waals surface area contributed by atoms with Crippen LogP contribution in [0.2, 0.25) is 0 Å². The van der Waals surface area contributed by atoms with Crippen LogP contribution in [0.5, 0.6) is 0 Å². The van der Waals surface area contributed by atoms with E-state index in [1.807, 2.05) is 0 Å². The predicted molar refractivity (Wildman–Crippen MR) is 66.5 cm³/mol. The summed E-state index contributed by atoms with van der Waals surface area (Å²) >= 11 is 0. The molecule has 0 aromatic heterocycles. The molecule has 16 heavy (non-hydrogen) atoms. The zero-order valence-electron chi connectivity index (χ0n) is 10.2. The molecule has 1 aromatic rings. The maximum absolute atomic E-state index is 10.5. The van der Waals surface area contributed by atoms with Crippen LogP contribution in [0.3, 0.4) is 0 Å². The highest BCUT2D eigenvalue weighted by atomic mass is 16.3. The summed E-state index contributed by atoms with van der Waals surface area (Å²) in [6.07, 6.45) is 1.91. The molecule has 0 saturated carbocycles. The quantitative estimate of drug-likeness (QED) is 0.800. The van der Waals surface area contributed by atoms with E-state index in [2.05, 4.69) is 43.4 Å². The van der Waals surface area contributed by atoms with Crippen LogP contribution in [0.15, 0.2) is 24.3 Å². The summed E-state index contributed by atoms with van der Waals surface area (Å²) in [5, 5.41) is 13.8. The molecule has 1 fully saturated rings. The molecule has 88 valence electrons. The minimum absolute atomic E-state index is 0.549. The van der Waals surface area contributed by atoms with Gasteiger partial charge in [-0.15, -0.1) is 0 Å². The van der Waals surface area contributed by atoms with Crippen molar-refractivity contribution in [3.05, 3.63) is 35.4 Å². The van der Waals surface area contributed by atoms with E-state index in [-0.39, 0.29) is 0 Å². The monoisotopic (exact) mass is 219 g/mol. The topological polar surface area (TPSA) is 32.3 Å². The number of hydrogen-bond donors (Lipinski definition) is 2. The average molecular weight is 219 g/mol. The summed E-state index contributed by atoms with van der Waals surface area (Å²) in [5.74, 6) is 0.549. The molecule has 2 heteroatoms. The molecule has 1 saturated heterocycles. The molecule has 2 nitrogen and oxygen atoms in total. The molecule has 1 atom stereocenters. The fourth-order valence-corrected chi connectivity index (χ4v) is 2.31. The summed E-state index contributed by atoms with van der Waals surface area (Å²) in [5.41, 5.74) is 1.72. The average Bonchev–Trinajstić information content (AvgIpc) is 2.30. The normalized spacial score (nSPS) is 26.0. The lowest BCUT2D eigenvalue weighted by Gasteiger charge is -2.33. The number of piperidine rings is 1. The molecule has 1 aliphatic rings. The third-order valence-electron chi connectivity index (χ3n) is 3.48. The van der Waals surface area contributed by atoms with Gasteiger partial charge in [-0.25, -0.2) is 0 Å². The second kappa shape index (κ2) is 4.56. The van der Waals surface area contributed by atoms with E-state index in [1.165, 1.54) is 5.56 Å². The number of β-amino-alcohol motifs (C(OH)–C–C–N with tert-alkyl or cyclic N) is 1. The fraction of sp³-hybridized carbons (Fsp3) is 0.571. The number of aliphatic hydroxyl groups is 1. The van der Waals surface area contributed by atoms with Gasteiger partial charge in [-0.2, -0.15) is 0 Å². The Morgan fingerprint density at radius 3 is 2.44 bits per heavy atom. The molecule has 0 radical (unpaired) electrons. The lowest BCUT2D eigenvalue weighted by Crippen LogP contribution is -2.43. The summed E-state index contributed by atoms with van der Waals surface area (Å²) in [4.78, 5) is 0. The van der Waals surface area contributed by atoms with Gasteiger partial charge < -0.3 is 10.4 Å². The van der Waals surface area contributed by atoms with Crippen molar-refractivity contribution in [3.8, 4) is 0 Å². The Hall–Kier alpha value is -0.860.